The highest BCUT2D eigenvalue weighted by atomic mass is 15.1. The summed E-state index contributed by atoms with van der Waals surface area (Å²) in [6, 6.07) is 25.4. The highest BCUT2D eigenvalue weighted by Crippen LogP contribution is 2.25. The van der Waals surface area contributed by atoms with Gasteiger partial charge < -0.3 is 4.90 Å². The Balaban J connectivity index is 1.78. The van der Waals surface area contributed by atoms with E-state index in [0.717, 1.165) is 6.54 Å². The van der Waals surface area contributed by atoms with Crippen LogP contribution in [-0.2, 0) is 0 Å². The maximum absolute atomic E-state index is 2.28. The minimum absolute atomic E-state index is 0.892. The van der Waals surface area contributed by atoms with Gasteiger partial charge in [0.25, 0.3) is 0 Å². The Hall–Kier alpha value is -2.54. The van der Waals surface area contributed by atoms with Crippen LogP contribution in [0.3, 0.4) is 0 Å². The fraction of sp³-hybridized carbons (Fsp3) is 0.100. The summed E-state index contributed by atoms with van der Waals surface area (Å²) < 4.78 is 0. The van der Waals surface area contributed by atoms with Gasteiger partial charge in [0.15, 0.2) is 0 Å². The predicted octanol–water partition coefficient (Wildman–Crippen LogP) is 4.99. The molecular weight excluding hydrogens is 254 g/mol. The van der Waals surface area contributed by atoms with Crippen molar-refractivity contribution in [3.63, 3.8) is 0 Å². The van der Waals surface area contributed by atoms with Gasteiger partial charge >= 0.3 is 0 Å². The molecule has 0 atom stereocenters. The molecule has 0 amide bonds. The van der Waals surface area contributed by atoms with Crippen LogP contribution in [0.25, 0.3) is 16.8 Å². The Bertz CT molecular complexity index is 739. The Labute approximate surface area is 126 Å². The van der Waals surface area contributed by atoms with Crippen molar-refractivity contribution in [1.82, 2.24) is 0 Å². The molecule has 0 radical (unpaired) electrons. The number of fused-ring (bicyclic) bond motifs is 1. The van der Waals surface area contributed by atoms with Crippen molar-refractivity contribution in [3.8, 4) is 0 Å². The van der Waals surface area contributed by atoms with Gasteiger partial charge in [-0.1, -0.05) is 78.9 Å². The summed E-state index contributed by atoms with van der Waals surface area (Å²) in [5.74, 6) is 0. The molecule has 3 rings (SSSR count). The summed E-state index contributed by atoms with van der Waals surface area (Å²) in [6.07, 6.45) is 4.37. The van der Waals surface area contributed by atoms with E-state index in [2.05, 4.69) is 90.8 Å². The maximum atomic E-state index is 2.28. The summed E-state index contributed by atoms with van der Waals surface area (Å²) >= 11 is 0. The van der Waals surface area contributed by atoms with E-state index in [0.29, 0.717) is 0 Å². The number of hydrogen-bond acceptors (Lipinski definition) is 1. The summed E-state index contributed by atoms with van der Waals surface area (Å²) in [4.78, 5) is 2.28. The molecular formula is C20H19N. The van der Waals surface area contributed by atoms with E-state index in [-0.39, 0.29) is 0 Å². The fourth-order valence-corrected chi connectivity index (χ4v) is 2.55. The molecule has 0 bridgehead atoms. The van der Waals surface area contributed by atoms with Gasteiger partial charge in [-0.05, 0) is 17.0 Å². The first-order valence-corrected chi connectivity index (χ1v) is 7.25. The second kappa shape index (κ2) is 6.27. The van der Waals surface area contributed by atoms with Crippen LogP contribution in [-0.4, -0.2) is 13.6 Å². The van der Waals surface area contributed by atoms with Crippen LogP contribution >= 0.6 is 0 Å². The lowest BCUT2D eigenvalue weighted by molar-refractivity contribution is 1.04. The number of hydrogen-bond donors (Lipinski definition) is 0. The molecule has 0 aliphatic carbocycles. The molecule has 1 heteroatoms. The van der Waals surface area contributed by atoms with Crippen molar-refractivity contribution in [2.45, 2.75) is 0 Å². The van der Waals surface area contributed by atoms with E-state index < -0.39 is 0 Å². The molecule has 0 spiro atoms. The van der Waals surface area contributed by atoms with Gasteiger partial charge in [-0.3, -0.25) is 0 Å². The topological polar surface area (TPSA) is 3.24 Å². The molecule has 0 unspecified atom stereocenters. The number of benzene rings is 3. The first-order chi connectivity index (χ1) is 10.3. The van der Waals surface area contributed by atoms with Gasteiger partial charge in [0.2, 0.25) is 0 Å². The van der Waals surface area contributed by atoms with E-state index in [4.69, 9.17) is 0 Å². The van der Waals surface area contributed by atoms with Gasteiger partial charge in [0.1, 0.15) is 0 Å². The number of nitrogens with zero attached hydrogens (tertiary/aromatic N) is 1. The van der Waals surface area contributed by atoms with E-state index >= 15 is 0 Å². The number of likely N-dealkylation sites (N-methyl/N-ethyl adjacent to an activating group) is 1. The molecule has 1 nitrogen and oxygen atoms in total. The third-order valence-corrected chi connectivity index (χ3v) is 3.67. The molecule has 21 heavy (non-hydrogen) atoms. The summed E-state index contributed by atoms with van der Waals surface area (Å²) in [6.45, 7) is 0.892. The quantitative estimate of drug-likeness (QED) is 0.647. The lowest BCUT2D eigenvalue weighted by atomic mass is 10.1. The normalized spacial score (nSPS) is 11.1. The van der Waals surface area contributed by atoms with Crippen molar-refractivity contribution in [2.75, 3.05) is 18.5 Å². The molecule has 0 heterocycles. The Kier molecular flexibility index (Phi) is 4.02. The monoisotopic (exact) mass is 273 g/mol. The first kappa shape index (κ1) is 13.4. The van der Waals surface area contributed by atoms with Crippen molar-refractivity contribution in [2.24, 2.45) is 0 Å². The molecule has 3 aromatic carbocycles. The van der Waals surface area contributed by atoms with Crippen LogP contribution in [0.2, 0.25) is 0 Å². The SMILES string of the molecule is CN(C/C=C/c1ccccc1)c1cccc2ccccc12. The zero-order valence-electron chi connectivity index (χ0n) is 12.2. The van der Waals surface area contributed by atoms with Crippen LogP contribution in [0.15, 0.2) is 78.9 Å². The predicted molar refractivity (Wildman–Crippen MR) is 92.7 cm³/mol. The average molecular weight is 273 g/mol. The highest BCUT2D eigenvalue weighted by Gasteiger charge is 2.03. The van der Waals surface area contributed by atoms with E-state index in [1.807, 2.05) is 6.07 Å². The maximum Gasteiger partial charge on any atom is 0.0446 e. The zero-order valence-corrected chi connectivity index (χ0v) is 12.2. The van der Waals surface area contributed by atoms with E-state index in [1.54, 1.807) is 0 Å². The molecule has 0 saturated heterocycles. The van der Waals surface area contributed by atoms with E-state index in [1.165, 1.54) is 22.0 Å². The van der Waals surface area contributed by atoms with Crippen molar-refractivity contribution >= 4 is 22.5 Å². The largest absolute Gasteiger partial charge is 0.370 e. The molecule has 104 valence electrons. The van der Waals surface area contributed by atoms with Crippen molar-refractivity contribution < 1.29 is 0 Å². The molecule has 0 saturated carbocycles. The summed E-state index contributed by atoms with van der Waals surface area (Å²) in [5.41, 5.74) is 2.51. The van der Waals surface area contributed by atoms with Gasteiger partial charge in [-0.25, -0.2) is 0 Å². The molecule has 0 N–H and O–H groups in total. The van der Waals surface area contributed by atoms with E-state index in [9.17, 15) is 0 Å². The highest BCUT2D eigenvalue weighted by molar-refractivity contribution is 5.94. The van der Waals surface area contributed by atoms with Crippen molar-refractivity contribution in [3.05, 3.63) is 84.4 Å². The fourth-order valence-electron chi connectivity index (χ4n) is 2.55. The molecule has 0 aliphatic rings. The minimum Gasteiger partial charge on any atom is -0.370 e. The Morgan fingerprint density at radius 2 is 1.52 bits per heavy atom. The standard InChI is InChI=1S/C20H19N/c1-21(16-8-11-17-9-3-2-4-10-17)20-15-7-13-18-12-5-6-14-19(18)20/h2-15H,16H2,1H3/b11-8+. The summed E-state index contributed by atoms with van der Waals surface area (Å²) in [5, 5.41) is 2.59. The third-order valence-electron chi connectivity index (χ3n) is 3.67. The minimum atomic E-state index is 0.892. The lowest BCUT2D eigenvalue weighted by Crippen LogP contribution is -2.16. The molecule has 0 aliphatic heterocycles. The Morgan fingerprint density at radius 1 is 0.810 bits per heavy atom. The van der Waals surface area contributed by atoms with Gasteiger partial charge in [-0.15, -0.1) is 0 Å². The number of rotatable bonds is 4. The average Bonchev–Trinajstić information content (AvgIpc) is 2.55. The summed E-state index contributed by atoms with van der Waals surface area (Å²) in [7, 11) is 2.14. The Morgan fingerprint density at radius 3 is 2.38 bits per heavy atom. The second-order valence-electron chi connectivity index (χ2n) is 5.19. The van der Waals surface area contributed by atoms with Crippen LogP contribution in [0, 0.1) is 0 Å². The van der Waals surface area contributed by atoms with Crippen LogP contribution in [0.5, 0.6) is 0 Å². The molecule has 0 fully saturated rings. The van der Waals surface area contributed by atoms with Crippen LogP contribution < -0.4 is 4.90 Å². The van der Waals surface area contributed by atoms with Crippen LogP contribution in [0.1, 0.15) is 5.56 Å². The third kappa shape index (κ3) is 3.14. The first-order valence-electron chi connectivity index (χ1n) is 7.25. The van der Waals surface area contributed by atoms with Gasteiger partial charge in [0, 0.05) is 24.7 Å². The van der Waals surface area contributed by atoms with Crippen molar-refractivity contribution in [1.29, 1.82) is 0 Å². The van der Waals surface area contributed by atoms with Gasteiger partial charge in [0.05, 0.1) is 0 Å². The molecule has 0 aromatic heterocycles. The molecule has 3 aromatic rings. The number of anilines is 1. The second-order valence-corrected chi connectivity index (χ2v) is 5.19. The van der Waals surface area contributed by atoms with Crippen LogP contribution in [0.4, 0.5) is 5.69 Å². The zero-order chi connectivity index (χ0) is 14.5. The smallest absolute Gasteiger partial charge is 0.0446 e. The van der Waals surface area contributed by atoms with Gasteiger partial charge in [-0.2, -0.15) is 0 Å². The lowest BCUT2D eigenvalue weighted by Gasteiger charge is -2.19.